The van der Waals surface area contributed by atoms with E-state index < -0.39 is 5.60 Å². The molecule has 1 fully saturated rings. The van der Waals surface area contributed by atoms with E-state index in [0.29, 0.717) is 13.2 Å². The van der Waals surface area contributed by atoms with Crippen LogP contribution in [0, 0.1) is 13.8 Å². The lowest BCUT2D eigenvalue weighted by molar-refractivity contribution is 0.00331. The number of ether oxygens (including phenoxy) is 1. The second-order valence-electron chi connectivity index (χ2n) is 6.14. The van der Waals surface area contributed by atoms with Gasteiger partial charge in [0.25, 0.3) is 0 Å². The molecule has 0 amide bonds. The van der Waals surface area contributed by atoms with Gasteiger partial charge in [0.1, 0.15) is 18.0 Å². The maximum Gasteiger partial charge on any atom is 0.119 e. The molecule has 0 spiro atoms. The van der Waals surface area contributed by atoms with Crippen LogP contribution < -0.4 is 4.74 Å². The van der Waals surface area contributed by atoms with Crippen molar-refractivity contribution in [3.63, 3.8) is 0 Å². The van der Waals surface area contributed by atoms with Crippen molar-refractivity contribution < 1.29 is 9.84 Å². The third kappa shape index (κ3) is 3.85. The fourth-order valence-electron chi connectivity index (χ4n) is 2.76. The fourth-order valence-corrected chi connectivity index (χ4v) is 3.36. The highest BCUT2D eigenvalue weighted by molar-refractivity contribution is 7.09. The van der Waals surface area contributed by atoms with E-state index in [9.17, 15) is 5.11 Å². The first-order valence-corrected chi connectivity index (χ1v) is 8.46. The van der Waals surface area contributed by atoms with E-state index in [1.54, 1.807) is 11.3 Å². The van der Waals surface area contributed by atoms with Crippen LogP contribution in [0.4, 0.5) is 0 Å². The van der Waals surface area contributed by atoms with Crippen LogP contribution in [0.25, 0.3) is 0 Å². The lowest BCUT2D eigenvalue weighted by atomic mass is 10.1. The summed E-state index contributed by atoms with van der Waals surface area (Å²) >= 11 is 1.67. The monoisotopic (exact) mass is 318 g/mol. The van der Waals surface area contributed by atoms with Crippen molar-refractivity contribution in [3.05, 3.63) is 45.9 Å². The van der Waals surface area contributed by atoms with Gasteiger partial charge in [0.15, 0.2) is 0 Å². The van der Waals surface area contributed by atoms with Crippen LogP contribution in [0.3, 0.4) is 0 Å². The lowest BCUT2D eigenvalue weighted by Gasteiger charge is -2.23. The van der Waals surface area contributed by atoms with Gasteiger partial charge < -0.3 is 9.84 Å². The quantitative estimate of drug-likeness (QED) is 0.921. The number of aryl methyl sites for hydroxylation is 2. The second-order valence-corrected chi connectivity index (χ2v) is 7.21. The zero-order chi connectivity index (χ0) is 15.6. The molecule has 22 heavy (non-hydrogen) atoms. The number of thiazole rings is 1. The van der Waals surface area contributed by atoms with Crippen molar-refractivity contribution in [1.29, 1.82) is 0 Å². The van der Waals surface area contributed by atoms with E-state index in [-0.39, 0.29) is 0 Å². The predicted octanol–water partition coefficient (Wildman–Crippen LogP) is 2.78. The minimum Gasteiger partial charge on any atom is -0.491 e. The van der Waals surface area contributed by atoms with Gasteiger partial charge in [-0.2, -0.15) is 0 Å². The average molecular weight is 318 g/mol. The van der Waals surface area contributed by atoms with Crippen LogP contribution in [0.5, 0.6) is 5.75 Å². The van der Waals surface area contributed by atoms with Crippen molar-refractivity contribution in [1.82, 2.24) is 9.88 Å². The minimum absolute atomic E-state index is 0.336. The van der Waals surface area contributed by atoms with Gasteiger partial charge in [-0.25, -0.2) is 4.98 Å². The van der Waals surface area contributed by atoms with Gasteiger partial charge in [0.05, 0.1) is 10.7 Å². The Morgan fingerprint density at radius 2 is 2.09 bits per heavy atom. The molecule has 2 heterocycles. The van der Waals surface area contributed by atoms with Gasteiger partial charge in [-0.15, -0.1) is 11.3 Å². The predicted molar refractivity (Wildman–Crippen MR) is 88.4 cm³/mol. The van der Waals surface area contributed by atoms with Gasteiger partial charge in [-0.05, 0) is 32.4 Å². The number of likely N-dealkylation sites (tertiary alicyclic amines) is 1. The number of aromatic nitrogens is 1. The number of nitrogens with zero attached hydrogens (tertiary/aromatic N) is 2. The topological polar surface area (TPSA) is 45.6 Å². The first kappa shape index (κ1) is 15.5. The van der Waals surface area contributed by atoms with Crippen molar-refractivity contribution in [2.45, 2.75) is 32.4 Å². The first-order valence-electron chi connectivity index (χ1n) is 7.58. The smallest absolute Gasteiger partial charge is 0.119 e. The Balaban J connectivity index is 1.52. The molecule has 5 heteroatoms. The molecule has 4 nitrogen and oxygen atoms in total. The van der Waals surface area contributed by atoms with Crippen molar-refractivity contribution in [3.8, 4) is 5.75 Å². The van der Waals surface area contributed by atoms with Gasteiger partial charge in [0.2, 0.25) is 0 Å². The molecule has 1 aromatic heterocycles. The molecule has 0 bridgehead atoms. The number of hydrogen-bond acceptors (Lipinski definition) is 5. The van der Waals surface area contributed by atoms with E-state index in [4.69, 9.17) is 4.74 Å². The van der Waals surface area contributed by atoms with Gasteiger partial charge in [-0.1, -0.05) is 17.7 Å². The summed E-state index contributed by atoms with van der Waals surface area (Å²) in [5, 5.41) is 13.9. The second kappa shape index (κ2) is 6.36. The van der Waals surface area contributed by atoms with Gasteiger partial charge >= 0.3 is 0 Å². The maximum absolute atomic E-state index is 10.7. The van der Waals surface area contributed by atoms with E-state index in [2.05, 4.69) is 15.3 Å². The number of rotatable bonds is 5. The number of hydrogen-bond donors (Lipinski definition) is 1. The number of β-amino-alcohol motifs (C(OH)–C–C–N with tert-alkyl or cyclic N) is 1. The number of aliphatic hydroxyl groups is 1. The Morgan fingerprint density at radius 3 is 2.77 bits per heavy atom. The first-order chi connectivity index (χ1) is 10.5. The molecule has 1 aromatic carbocycles. The molecule has 3 rings (SSSR count). The minimum atomic E-state index is -0.768. The Labute approximate surface area is 135 Å². The zero-order valence-electron chi connectivity index (χ0n) is 13.1. The summed E-state index contributed by atoms with van der Waals surface area (Å²) in [7, 11) is 0. The lowest BCUT2D eigenvalue weighted by Crippen LogP contribution is -2.39. The SMILES string of the molecule is Cc1ccc(OCC2(O)CCN(Cc3csc(C)n3)C2)cc1. The molecule has 0 saturated carbocycles. The highest BCUT2D eigenvalue weighted by Gasteiger charge is 2.37. The maximum atomic E-state index is 10.7. The van der Waals surface area contributed by atoms with E-state index in [1.807, 2.05) is 38.1 Å². The molecular weight excluding hydrogens is 296 g/mol. The third-order valence-corrected chi connectivity index (χ3v) is 4.81. The molecule has 1 aliphatic heterocycles. The summed E-state index contributed by atoms with van der Waals surface area (Å²) in [6.45, 7) is 6.72. The third-order valence-electron chi connectivity index (χ3n) is 3.99. The largest absolute Gasteiger partial charge is 0.491 e. The molecule has 1 atom stereocenters. The molecule has 1 unspecified atom stereocenters. The van der Waals surface area contributed by atoms with E-state index in [1.165, 1.54) is 5.56 Å². The molecule has 0 aliphatic carbocycles. The summed E-state index contributed by atoms with van der Waals surface area (Å²) in [6.07, 6.45) is 0.738. The summed E-state index contributed by atoms with van der Waals surface area (Å²) in [4.78, 5) is 6.73. The van der Waals surface area contributed by atoms with Crippen molar-refractivity contribution >= 4 is 11.3 Å². The van der Waals surface area contributed by atoms with Crippen LogP contribution in [-0.2, 0) is 6.54 Å². The van der Waals surface area contributed by atoms with Crippen LogP contribution in [0.15, 0.2) is 29.6 Å². The Bertz CT molecular complexity index is 626. The molecule has 0 radical (unpaired) electrons. The molecule has 1 saturated heterocycles. The normalized spacial score (nSPS) is 22.1. The Hall–Kier alpha value is -1.43. The summed E-state index contributed by atoms with van der Waals surface area (Å²) in [6, 6.07) is 7.93. The molecule has 2 aromatic rings. The van der Waals surface area contributed by atoms with Crippen LogP contribution in [0.2, 0.25) is 0 Å². The van der Waals surface area contributed by atoms with Crippen LogP contribution in [0.1, 0.15) is 22.7 Å². The highest BCUT2D eigenvalue weighted by Crippen LogP contribution is 2.25. The molecule has 118 valence electrons. The van der Waals surface area contributed by atoms with Crippen molar-refractivity contribution in [2.24, 2.45) is 0 Å². The van der Waals surface area contributed by atoms with E-state index >= 15 is 0 Å². The van der Waals surface area contributed by atoms with Gasteiger partial charge in [0, 0.05) is 25.0 Å². The van der Waals surface area contributed by atoms with Gasteiger partial charge in [-0.3, -0.25) is 4.90 Å². The highest BCUT2D eigenvalue weighted by atomic mass is 32.1. The Kier molecular flexibility index (Phi) is 4.47. The summed E-state index contributed by atoms with van der Waals surface area (Å²) < 4.78 is 5.76. The fraction of sp³-hybridized carbons (Fsp3) is 0.471. The average Bonchev–Trinajstić information content (AvgIpc) is 3.06. The molecular formula is C17H22N2O2S. The Morgan fingerprint density at radius 1 is 1.32 bits per heavy atom. The van der Waals surface area contributed by atoms with Crippen molar-refractivity contribution in [2.75, 3.05) is 19.7 Å². The van der Waals surface area contributed by atoms with E-state index in [0.717, 1.165) is 36.0 Å². The standard InChI is InChI=1S/C17H22N2O2S/c1-13-3-5-16(6-4-13)21-12-17(20)7-8-19(11-17)9-15-10-22-14(2)18-15/h3-6,10,20H,7-9,11-12H2,1-2H3. The summed E-state index contributed by atoms with van der Waals surface area (Å²) in [5.41, 5.74) is 1.53. The zero-order valence-corrected chi connectivity index (χ0v) is 13.9. The van der Waals surface area contributed by atoms with Crippen LogP contribution >= 0.6 is 11.3 Å². The van der Waals surface area contributed by atoms with Crippen LogP contribution in [-0.4, -0.2) is 40.3 Å². The number of benzene rings is 1. The summed E-state index contributed by atoms with van der Waals surface area (Å²) in [5.74, 6) is 0.813. The molecule has 1 N–H and O–H groups in total. The molecule has 1 aliphatic rings.